The van der Waals surface area contributed by atoms with Crippen molar-refractivity contribution in [2.75, 3.05) is 18.1 Å². The molecule has 142 valence electrons. The van der Waals surface area contributed by atoms with Crippen molar-refractivity contribution in [3.8, 4) is 0 Å². The predicted octanol–water partition coefficient (Wildman–Crippen LogP) is 2.81. The number of fused-ring (bicyclic) bond motifs is 1. The third-order valence-corrected chi connectivity index (χ3v) is 4.79. The molecule has 0 N–H and O–H groups in total. The van der Waals surface area contributed by atoms with Gasteiger partial charge in [-0.3, -0.25) is 9.59 Å². The number of amides is 1. The number of hydrogen-bond donors (Lipinski definition) is 0. The fraction of sp³-hybridized carbons (Fsp3) is 0.238. The van der Waals surface area contributed by atoms with Crippen LogP contribution in [0.25, 0.3) is 5.65 Å². The van der Waals surface area contributed by atoms with Crippen LogP contribution in [0.3, 0.4) is 0 Å². The number of rotatable bonds is 5. The highest BCUT2D eigenvalue weighted by atomic mass is 16.5. The zero-order chi connectivity index (χ0) is 19.7. The van der Waals surface area contributed by atoms with Gasteiger partial charge in [0.05, 0.1) is 0 Å². The average Bonchev–Trinajstić information content (AvgIpc) is 3.33. The molecule has 0 aliphatic carbocycles. The number of nitrogens with zero attached hydrogens (tertiary/aromatic N) is 3. The molecule has 0 saturated carbocycles. The van der Waals surface area contributed by atoms with Crippen LogP contribution >= 0.6 is 0 Å². The van der Waals surface area contributed by atoms with Gasteiger partial charge in [0.15, 0.2) is 18.1 Å². The topological polar surface area (TPSA) is 81.0 Å². The molecule has 7 heteroatoms. The maximum absolute atomic E-state index is 12.4. The van der Waals surface area contributed by atoms with E-state index in [-0.39, 0.29) is 24.0 Å². The maximum atomic E-state index is 12.4. The second-order valence-electron chi connectivity index (χ2n) is 6.72. The first-order valence-electron chi connectivity index (χ1n) is 9.08. The van der Waals surface area contributed by atoms with Crippen LogP contribution in [0.1, 0.15) is 39.4 Å². The summed E-state index contributed by atoms with van der Waals surface area (Å²) in [5, 5.41) is 0. The lowest BCUT2D eigenvalue weighted by Gasteiger charge is -2.16. The van der Waals surface area contributed by atoms with Gasteiger partial charge in [-0.25, -0.2) is 9.78 Å². The minimum absolute atomic E-state index is 0.0539. The molecule has 1 aliphatic heterocycles. The van der Waals surface area contributed by atoms with E-state index < -0.39 is 5.97 Å². The van der Waals surface area contributed by atoms with Gasteiger partial charge in [-0.15, -0.1) is 0 Å². The Labute approximate surface area is 161 Å². The van der Waals surface area contributed by atoms with Crippen molar-refractivity contribution in [2.45, 2.75) is 19.8 Å². The molecule has 7 nitrogen and oxygen atoms in total. The van der Waals surface area contributed by atoms with Crippen molar-refractivity contribution in [3.05, 3.63) is 65.6 Å². The minimum Gasteiger partial charge on any atom is -0.453 e. The van der Waals surface area contributed by atoms with Crippen LogP contribution < -0.4 is 4.90 Å². The van der Waals surface area contributed by atoms with E-state index in [4.69, 9.17) is 4.74 Å². The lowest BCUT2D eigenvalue weighted by molar-refractivity contribution is -0.117. The van der Waals surface area contributed by atoms with Crippen LogP contribution in [0, 0.1) is 6.92 Å². The second-order valence-corrected chi connectivity index (χ2v) is 6.72. The first kappa shape index (κ1) is 17.9. The molecule has 0 unspecified atom stereocenters. The van der Waals surface area contributed by atoms with Crippen molar-refractivity contribution >= 4 is 29.0 Å². The molecule has 1 fully saturated rings. The maximum Gasteiger partial charge on any atom is 0.359 e. The fourth-order valence-corrected chi connectivity index (χ4v) is 3.30. The van der Waals surface area contributed by atoms with E-state index in [1.807, 2.05) is 19.1 Å². The number of imidazole rings is 1. The monoisotopic (exact) mass is 377 g/mol. The van der Waals surface area contributed by atoms with Gasteiger partial charge in [-0.05, 0) is 37.6 Å². The molecule has 1 aromatic carbocycles. The summed E-state index contributed by atoms with van der Waals surface area (Å²) in [6.45, 7) is 2.17. The normalized spacial score (nSPS) is 13.9. The molecule has 3 aromatic rings. The summed E-state index contributed by atoms with van der Waals surface area (Å²) >= 11 is 0. The molecule has 1 saturated heterocycles. The van der Waals surface area contributed by atoms with Crippen LogP contribution in [-0.2, 0) is 9.53 Å². The molecule has 1 aliphatic rings. The van der Waals surface area contributed by atoms with E-state index in [0.717, 1.165) is 12.1 Å². The van der Waals surface area contributed by atoms with E-state index in [0.29, 0.717) is 29.9 Å². The first-order valence-corrected chi connectivity index (χ1v) is 9.08. The van der Waals surface area contributed by atoms with Crippen LogP contribution in [0.2, 0.25) is 0 Å². The van der Waals surface area contributed by atoms with E-state index in [1.54, 1.807) is 45.8 Å². The number of hydrogen-bond acceptors (Lipinski definition) is 5. The number of anilines is 1. The molecule has 2 aromatic heterocycles. The smallest absolute Gasteiger partial charge is 0.359 e. The van der Waals surface area contributed by atoms with Crippen LogP contribution in [0.4, 0.5) is 5.69 Å². The van der Waals surface area contributed by atoms with Gasteiger partial charge in [0.25, 0.3) is 0 Å². The molecule has 0 spiro atoms. The zero-order valence-electron chi connectivity index (χ0n) is 15.4. The Morgan fingerprint density at radius 3 is 2.75 bits per heavy atom. The van der Waals surface area contributed by atoms with Crippen LogP contribution in [0.5, 0.6) is 0 Å². The Morgan fingerprint density at radius 1 is 1.18 bits per heavy atom. The number of benzene rings is 1. The number of ether oxygens (including phenoxy) is 1. The minimum atomic E-state index is -0.651. The van der Waals surface area contributed by atoms with Crippen LogP contribution in [-0.4, -0.2) is 40.2 Å². The first-order chi connectivity index (χ1) is 13.5. The molecule has 0 bridgehead atoms. The van der Waals surface area contributed by atoms with Gasteiger partial charge in [0.2, 0.25) is 5.91 Å². The number of carbonyl (C=O) groups is 3. The molecule has 0 radical (unpaired) electrons. The number of carbonyl (C=O) groups excluding carboxylic acids is 3. The zero-order valence-corrected chi connectivity index (χ0v) is 15.4. The SMILES string of the molecule is Cc1cccc2nc(C(=O)OCC(=O)c3cccc(N4CCCC4=O)c3)cn12. The highest BCUT2D eigenvalue weighted by Gasteiger charge is 2.22. The predicted molar refractivity (Wildman–Crippen MR) is 103 cm³/mol. The number of ketones is 1. The third kappa shape index (κ3) is 3.38. The Hall–Kier alpha value is -3.48. The quantitative estimate of drug-likeness (QED) is 0.504. The number of aryl methyl sites for hydroxylation is 1. The van der Waals surface area contributed by atoms with E-state index in [1.165, 1.54) is 0 Å². The van der Waals surface area contributed by atoms with Crippen molar-refractivity contribution in [1.29, 1.82) is 0 Å². The number of aromatic nitrogens is 2. The number of esters is 1. The Morgan fingerprint density at radius 2 is 2.00 bits per heavy atom. The Kier molecular flexibility index (Phi) is 4.65. The summed E-state index contributed by atoms with van der Waals surface area (Å²) in [6, 6.07) is 12.4. The summed E-state index contributed by atoms with van der Waals surface area (Å²) in [5.74, 6) is -0.928. The van der Waals surface area contributed by atoms with Gasteiger partial charge in [0.1, 0.15) is 5.65 Å². The lowest BCUT2D eigenvalue weighted by atomic mass is 10.1. The summed E-state index contributed by atoms with van der Waals surface area (Å²) in [7, 11) is 0. The standard InChI is InChI=1S/C21H19N3O4/c1-14-5-2-8-19-22-17(12-24(14)19)21(27)28-13-18(25)15-6-3-7-16(11-15)23-10-4-9-20(23)26/h2-3,5-8,11-12H,4,9-10,13H2,1H3. The van der Waals surface area contributed by atoms with Crippen molar-refractivity contribution < 1.29 is 19.1 Å². The van der Waals surface area contributed by atoms with Crippen molar-refractivity contribution in [1.82, 2.24) is 9.38 Å². The summed E-state index contributed by atoms with van der Waals surface area (Å²) in [6.07, 6.45) is 2.93. The molecule has 4 rings (SSSR count). The second kappa shape index (κ2) is 7.26. The largest absolute Gasteiger partial charge is 0.453 e. The third-order valence-electron chi connectivity index (χ3n) is 4.79. The number of Topliss-reactive ketones (excluding diaryl/α,β-unsaturated/α-hetero) is 1. The summed E-state index contributed by atoms with van der Waals surface area (Å²) in [5.41, 5.74) is 2.82. The Bertz CT molecular complexity index is 1090. The lowest BCUT2D eigenvalue weighted by Crippen LogP contribution is -2.24. The highest BCUT2D eigenvalue weighted by molar-refractivity contribution is 6.01. The van der Waals surface area contributed by atoms with Gasteiger partial charge in [-0.1, -0.05) is 18.2 Å². The number of pyridine rings is 1. The molecule has 1 amide bonds. The van der Waals surface area contributed by atoms with Crippen molar-refractivity contribution in [3.63, 3.8) is 0 Å². The molecular formula is C21H19N3O4. The van der Waals surface area contributed by atoms with Gasteiger partial charge >= 0.3 is 5.97 Å². The summed E-state index contributed by atoms with van der Waals surface area (Å²) in [4.78, 5) is 42.5. The van der Waals surface area contributed by atoms with Gasteiger partial charge < -0.3 is 14.0 Å². The van der Waals surface area contributed by atoms with Crippen LogP contribution in [0.15, 0.2) is 48.7 Å². The summed E-state index contributed by atoms with van der Waals surface area (Å²) < 4.78 is 6.94. The highest BCUT2D eigenvalue weighted by Crippen LogP contribution is 2.22. The molecule has 3 heterocycles. The van der Waals surface area contributed by atoms with E-state index >= 15 is 0 Å². The molecule has 28 heavy (non-hydrogen) atoms. The van der Waals surface area contributed by atoms with E-state index in [9.17, 15) is 14.4 Å². The van der Waals surface area contributed by atoms with E-state index in [2.05, 4.69) is 4.98 Å². The van der Waals surface area contributed by atoms with Crippen molar-refractivity contribution in [2.24, 2.45) is 0 Å². The Balaban J connectivity index is 1.44. The molecule has 0 atom stereocenters. The average molecular weight is 377 g/mol. The fourth-order valence-electron chi connectivity index (χ4n) is 3.30. The molecular weight excluding hydrogens is 358 g/mol. The van der Waals surface area contributed by atoms with Gasteiger partial charge in [-0.2, -0.15) is 0 Å². The van der Waals surface area contributed by atoms with Gasteiger partial charge in [0, 0.05) is 36.1 Å².